The SMILES string of the molecule is Cc1nc(C)n(-c2ccccc2NC(=O)NCCC(=O)O)n1. The first-order chi connectivity index (χ1) is 10.5. The molecular formula is C14H17N5O3. The van der Waals surface area contributed by atoms with E-state index in [1.807, 2.05) is 19.1 Å². The van der Waals surface area contributed by atoms with Crippen LogP contribution in [0.5, 0.6) is 0 Å². The van der Waals surface area contributed by atoms with Gasteiger partial charge in [0.25, 0.3) is 0 Å². The number of carbonyl (C=O) groups excluding carboxylic acids is 1. The van der Waals surface area contributed by atoms with Crippen LogP contribution in [0.3, 0.4) is 0 Å². The smallest absolute Gasteiger partial charge is 0.319 e. The molecule has 0 radical (unpaired) electrons. The Hall–Kier alpha value is -2.90. The number of benzene rings is 1. The summed E-state index contributed by atoms with van der Waals surface area (Å²) in [6.07, 6.45) is -0.129. The molecule has 1 aromatic heterocycles. The molecule has 1 heterocycles. The van der Waals surface area contributed by atoms with Crippen LogP contribution in [0, 0.1) is 13.8 Å². The number of aryl methyl sites for hydroxylation is 2. The standard InChI is InChI=1S/C14H17N5O3/c1-9-16-10(2)19(18-9)12-6-4-3-5-11(12)17-14(22)15-8-7-13(20)21/h3-6H,7-8H2,1-2H3,(H,20,21)(H2,15,17,22). The van der Waals surface area contributed by atoms with E-state index in [1.165, 1.54) is 0 Å². The Balaban J connectivity index is 2.14. The summed E-state index contributed by atoms with van der Waals surface area (Å²) >= 11 is 0. The predicted octanol–water partition coefficient (Wildman–Crippen LogP) is 1.48. The second kappa shape index (κ2) is 6.70. The maximum atomic E-state index is 11.8. The Labute approximate surface area is 127 Å². The predicted molar refractivity (Wildman–Crippen MR) is 80.1 cm³/mol. The zero-order valence-electron chi connectivity index (χ0n) is 12.3. The Bertz CT molecular complexity index is 696. The fourth-order valence-corrected chi connectivity index (χ4v) is 1.96. The topological polar surface area (TPSA) is 109 Å². The molecule has 0 saturated carbocycles. The van der Waals surface area contributed by atoms with Crippen LogP contribution in [0.1, 0.15) is 18.1 Å². The first kappa shape index (κ1) is 15.5. The van der Waals surface area contributed by atoms with Crippen molar-refractivity contribution >= 4 is 17.7 Å². The average molecular weight is 303 g/mol. The number of carboxylic acid groups (broad SMARTS) is 1. The van der Waals surface area contributed by atoms with Gasteiger partial charge in [-0.25, -0.2) is 14.5 Å². The highest BCUT2D eigenvalue weighted by molar-refractivity contribution is 5.91. The van der Waals surface area contributed by atoms with Gasteiger partial charge in [0.1, 0.15) is 11.6 Å². The molecule has 8 nitrogen and oxygen atoms in total. The van der Waals surface area contributed by atoms with Crippen LogP contribution in [0.25, 0.3) is 5.69 Å². The summed E-state index contributed by atoms with van der Waals surface area (Å²) in [5.41, 5.74) is 1.25. The van der Waals surface area contributed by atoms with Gasteiger partial charge in [-0.2, -0.15) is 5.10 Å². The number of amides is 2. The second-order valence-electron chi connectivity index (χ2n) is 4.66. The largest absolute Gasteiger partial charge is 0.481 e. The van der Waals surface area contributed by atoms with Crippen LogP contribution in [-0.2, 0) is 4.79 Å². The van der Waals surface area contributed by atoms with E-state index in [0.29, 0.717) is 23.0 Å². The average Bonchev–Trinajstić information content (AvgIpc) is 2.77. The lowest BCUT2D eigenvalue weighted by Crippen LogP contribution is -2.31. The number of nitrogens with zero attached hydrogens (tertiary/aromatic N) is 3. The number of carbonyl (C=O) groups is 2. The van der Waals surface area contributed by atoms with Crippen LogP contribution in [0.2, 0.25) is 0 Å². The van der Waals surface area contributed by atoms with E-state index < -0.39 is 12.0 Å². The first-order valence-corrected chi connectivity index (χ1v) is 6.73. The van der Waals surface area contributed by atoms with Crippen molar-refractivity contribution in [1.29, 1.82) is 0 Å². The zero-order valence-corrected chi connectivity index (χ0v) is 12.3. The van der Waals surface area contributed by atoms with E-state index in [1.54, 1.807) is 23.7 Å². The van der Waals surface area contributed by atoms with Crippen molar-refractivity contribution in [3.8, 4) is 5.69 Å². The number of urea groups is 1. The highest BCUT2D eigenvalue weighted by Crippen LogP contribution is 2.20. The maximum Gasteiger partial charge on any atom is 0.319 e. The molecule has 0 saturated heterocycles. The van der Waals surface area contributed by atoms with Gasteiger partial charge in [0.15, 0.2) is 0 Å². The monoisotopic (exact) mass is 303 g/mol. The van der Waals surface area contributed by atoms with Crippen LogP contribution in [0.4, 0.5) is 10.5 Å². The number of hydrogen-bond donors (Lipinski definition) is 3. The third kappa shape index (κ3) is 3.81. The molecule has 0 spiro atoms. The molecule has 22 heavy (non-hydrogen) atoms. The number of nitrogens with one attached hydrogen (secondary N) is 2. The normalized spacial score (nSPS) is 10.3. The lowest BCUT2D eigenvalue weighted by Gasteiger charge is -2.12. The van der Waals surface area contributed by atoms with Gasteiger partial charge in [-0.05, 0) is 26.0 Å². The van der Waals surface area contributed by atoms with E-state index in [2.05, 4.69) is 20.7 Å². The van der Waals surface area contributed by atoms with Crippen molar-refractivity contribution < 1.29 is 14.7 Å². The van der Waals surface area contributed by atoms with Crippen LogP contribution < -0.4 is 10.6 Å². The van der Waals surface area contributed by atoms with Gasteiger partial charge < -0.3 is 15.7 Å². The fraction of sp³-hybridized carbons (Fsp3) is 0.286. The lowest BCUT2D eigenvalue weighted by atomic mass is 10.2. The minimum atomic E-state index is -0.964. The summed E-state index contributed by atoms with van der Waals surface area (Å²) in [7, 11) is 0. The Kier molecular flexibility index (Phi) is 4.72. The van der Waals surface area contributed by atoms with E-state index in [0.717, 1.165) is 0 Å². The summed E-state index contributed by atoms with van der Waals surface area (Å²) in [6, 6.07) is 6.70. The van der Waals surface area contributed by atoms with E-state index in [4.69, 9.17) is 5.11 Å². The third-order valence-electron chi connectivity index (χ3n) is 2.88. The number of para-hydroxylation sites is 2. The molecular weight excluding hydrogens is 286 g/mol. The highest BCUT2D eigenvalue weighted by atomic mass is 16.4. The molecule has 0 bridgehead atoms. The van der Waals surface area contributed by atoms with Gasteiger partial charge in [0.2, 0.25) is 0 Å². The third-order valence-corrected chi connectivity index (χ3v) is 2.88. The number of anilines is 1. The molecule has 0 fully saturated rings. The Morgan fingerprint density at radius 3 is 2.64 bits per heavy atom. The summed E-state index contributed by atoms with van der Waals surface area (Å²) in [5, 5.41) is 18.0. The molecule has 1 aromatic carbocycles. The summed E-state index contributed by atoms with van der Waals surface area (Å²) in [6.45, 7) is 3.67. The molecule has 3 N–H and O–H groups in total. The van der Waals surface area contributed by atoms with Gasteiger partial charge in [0.05, 0.1) is 17.8 Å². The Morgan fingerprint density at radius 2 is 2.00 bits per heavy atom. The van der Waals surface area contributed by atoms with Crippen molar-refractivity contribution in [1.82, 2.24) is 20.1 Å². The molecule has 2 rings (SSSR count). The van der Waals surface area contributed by atoms with E-state index in [-0.39, 0.29) is 13.0 Å². The van der Waals surface area contributed by atoms with Gasteiger partial charge in [-0.3, -0.25) is 4.79 Å². The van der Waals surface area contributed by atoms with Crippen molar-refractivity contribution in [3.05, 3.63) is 35.9 Å². The molecule has 2 amide bonds. The van der Waals surface area contributed by atoms with Gasteiger partial charge >= 0.3 is 12.0 Å². The molecule has 0 unspecified atom stereocenters. The summed E-state index contributed by atoms with van der Waals surface area (Å²) < 4.78 is 1.64. The van der Waals surface area contributed by atoms with Gasteiger partial charge in [0, 0.05) is 6.54 Å². The summed E-state index contributed by atoms with van der Waals surface area (Å²) in [5.74, 6) is 0.380. The number of aromatic nitrogens is 3. The van der Waals surface area contributed by atoms with Gasteiger partial charge in [-0.1, -0.05) is 12.1 Å². The summed E-state index contributed by atoms with van der Waals surface area (Å²) in [4.78, 5) is 26.5. The number of aliphatic carboxylic acids is 1. The molecule has 0 aliphatic carbocycles. The fourth-order valence-electron chi connectivity index (χ4n) is 1.96. The lowest BCUT2D eigenvalue weighted by molar-refractivity contribution is -0.136. The van der Waals surface area contributed by atoms with Crippen LogP contribution in [0.15, 0.2) is 24.3 Å². The highest BCUT2D eigenvalue weighted by Gasteiger charge is 2.11. The first-order valence-electron chi connectivity index (χ1n) is 6.73. The van der Waals surface area contributed by atoms with Crippen molar-refractivity contribution in [3.63, 3.8) is 0 Å². The molecule has 0 atom stereocenters. The van der Waals surface area contributed by atoms with Crippen molar-refractivity contribution in [2.75, 3.05) is 11.9 Å². The molecule has 0 aliphatic rings. The Morgan fingerprint density at radius 1 is 1.27 bits per heavy atom. The van der Waals surface area contributed by atoms with Gasteiger partial charge in [-0.15, -0.1) is 0 Å². The molecule has 0 aliphatic heterocycles. The minimum absolute atomic E-state index is 0.0603. The van der Waals surface area contributed by atoms with Crippen LogP contribution in [-0.4, -0.2) is 38.4 Å². The number of hydrogen-bond acceptors (Lipinski definition) is 4. The molecule has 2 aromatic rings. The maximum absolute atomic E-state index is 11.8. The molecule has 8 heteroatoms. The number of carboxylic acids is 1. The second-order valence-corrected chi connectivity index (χ2v) is 4.66. The van der Waals surface area contributed by atoms with E-state index in [9.17, 15) is 9.59 Å². The van der Waals surface area contributed by atoms with Crippen molar-refractivity contribution in [2.45, 2.75) is 20.3 Å². The number of rotatable bonds is 5. The zero-order chi connectivity index (χ0) is 16.1. The van der Waals surface area contributed by atoms with Crippen LogP contribution >= 0.6 is 0 Å². The van der Waals surface area contributed by atoms with E-state index >= 15 is 0 Å². The molecule has 116 valence electrons. The quantitative estimate of drug-likeness (QED) is 0.775. The van der Waals surface area contributed by atoms with Crippen molar-refractivity contribution in [2.24, 2.45) is 0 Å². The minimum Gasteiger partial charge on any atom is -0.481 e.